The number of hydrogen-bond donors (Lipinski definition) is 1. The lowest BCUT2D eigenvalue weighted by atomic mass is 9.98. The van der Waals surface area contributed by atoms with Crippen LogP contribution in [0.5, 0.6) is 0 Å². The fraction of sp³-hybridized carbons (Fsp3) is 0.389. The maximum absolute atomic E-state index is 12.6. The summed E-state index contributed by atoms with van der Waals surface area (Å²) in [4.78, 5) is 12.5. The number of amides is 1. The molecule has 1 aromatic heterocycles. The van der Waals surface area contributed by atoms with E-state index in [2.05, 4.69) is 5.32 Å². The summed E-state index contributed by atoms with van der Waals surface area (Å²) in [6.07, 6.45) is 1.42. The fourth-order valence-corrected chi connectivity index (χ4v) is 5.72. The molecule has 0 spiro atoms. The molecule has 1 aromatic carbocycles. The molecule has 134 valence electrons. The van der Waals surface area contributed by atoms with Crippen LogP contribution in [0.1, 0.15) is 24.0 Å². The van der Waals surface area contributed by atoms with Crippen LogP contribution in [-0.2, 0) is 21.4 Å². The zero-order valence-corrected chi connectivity index (χ0v) is 15.8. The number of carbonyl (C=O) groups is 1. The molecule has 3 rings (SSSR count). The topological polar surface area (TPSA) is 66.5 Å². The highest BCUT2D eigenvalue weighted by molar-refractivity contribution is 7.91. The predicted molar refractivity (Wildman–Crippen MR) is 98.8 cm³/mol. The zero-order valence-electron chi connectivity index (χ0n) is 14.1. The van der Waals surface area contributed by atoms with Crippen molar-refractivity contribution in [1.29, 1.82) is 0 Å². The Morgan fingerprint density at radius 2 is 2.08 bits per heavy atom. The van der Waals surface area contributed by atoms with Crippen molar-refractivity contribution in [2.24, 2.45) is 5.92 Å². The molecule has 0 saturated carbocycles. The molecule has 5 nitrogen and oxygen atoms in total. The minimum atomic E-state index is -3.49. The first kappa shape index (κ1) is 18.1. The Balaban J connectivity index is 1.63. The van der Waals surface area contributed by atoms with Gasteiger partial charge in [-0.2, -0.15) is 4.31 Å². The lowest BCUT2D eigenvalue weighted by Crippen LogP contribution is -2.45. The predicted octanol–water partition coefficient (Wildman–Crippen LogP) is 2.77. The summed E-state index contributed by atoms with van der Waals surface area (Å²) in [6, 6.07) is 11.3. The molecule has 2 heterocycles. The van der Waals surface area contributed by atoms with Gasteiger partial charge in [0, 0.05) is 19.6 Å². The van der Waals surface area contributed by atoms with E-state index in [1.807, 2.05) is 31.2 Å². The maximum Gasteiger partial charge on any atom is 0.252 e. The van der Waals surface area contributed by atoms with E-state index in [1.54, 1.807) is 17.5 Å². The molecule has 1 amide bonds. The lowest BCUT2D eigenvalue weighted by molar-refractivity contribution is -0.126. The van der Waals surface area contributed by atoms with Gasteiger partial charge in [0.15, 0.2) is 0 Å². The van der Waals surface area contributed by atoms with Gasteiger partial charge in [-0.1, -0.05) is 30.3 Å². The summed E-state index contributed by atoms with van der Waals surface area (Å²) in [7, 11) is -3.49. The van der Waals surface area contributed by atoms with E-state index in [-0.39, 0.29) is 18.4 Å². The van der Waals surface area contributed by atoms with Crippen LogP contribution in [0.25, 0.3) is 0 Å². The molecule has 1 N–H and O–H groups in total. The van der Waals surface area contributed by atoms with E-state index in [4.69, 9.17) is 0 Å². The number of aryl methyl sites for hydroxylation is 1. The highest BCUT2D eigenvalue weighted by Gasteiger charge is 2.33. The summed E-state index contributed by atoms with van der Waals surface area (Å²) in [5.74, 6) is -0.373. The molecule has 1 aliphatic rings. The van der Waals surface area contributed by atoms with Crippen molar-refractivity contribution in [3.05, 3.63) is 52.9 Å². The van der Waals surface area contributed by atoms with Gasteiger partial charge in [-0.05, 0) is 42.3 Å². The van der Waals surface area contributed by atoms with Crippen LogP contribution in [-0.4, -0.2) is 31.7 Å². The number of sulfonamides is 1. The SMILES string of the molecule is Cc1ccccc1CNC(=O)[C@H]1CCCN(S(=O)(=O)c2cccs2)C1. The van der Waals surface area contributed by atoms with E-state index in [1.165, 1.54) is 15.6 Å². The molecule has 7 heteroatoms. The average Bonchev–Trinajstić information content (AvgIpc) is 3.16. The van der Waals surface area contributed by atoms with Crippen molar-refractivity contribution in [3.63, 3.8) is 0 Å². The van der Waals surface area contributed by atoms with E-state index in [9.17, 15) is 13.2 Å². The number of benzene rings is 1. The molecule has 0 unspecified atom stereocenters. The van der Waals surface area contributed by atoms with Crippen LogP contribution in [0.3, 0.4) is 0 Å². The van der Waals surface area contributed by atoms with Crippen LogP contribution in [0.4, 0.5) is 0 Å². The minimum Gasteiger partial charge on any atom is -0.352 e. The first-order chi connectivity index (χ1) is 12.0. The van der Waals surface area contributed by atoms with E-state index in [0.29, 0.717) is 23.7 Å². The Bertz CT molecular complexity index is 832. The third kappa shape index (κ3) is 4.11. The summed E-state index contributed by atoms with van der Waals surface area (Å²) < 4.78 is 27.1. The number of piperidine rings is 1. The van der Waals surface area contributed by atoms with Crippen LogP contribution >= 0.6 is 11.3 Å². The van der Waals surface area contributed by atoms with Gasteiger partial charge >= 0.3 is 0 Å². The normalized spacial score (nSPS) is 18.8. The fourth-order valence-electron chi connectivity index (χ4n) is 3.05. The Labute approximate surface area is 152 Å². The molecule has 0 bridgehead atoms. The van der Waals surface area contributed by atoms with Gasteiger partial charge in [-0.15, -0.1) is 11.3 Å². The summed E-state index contributed by atoms with van der Waals surface area (Å²) >= 11 is 1.21. The standard InChI is InChI=1S/C18H22N2O3S2/c1-14-6-2-3-7-15(14)12-19-18(21)16-8-4-10-20(13-16)25(22,23)17-9-5-11-24-17/h2-3,5-7,9,11,16H,4,8,10,12-13H2,1H3,(H,19,21)/t16-/m0/s1. The molecule has 1 atom stereocenters. The highest BCUT2D eigenvalue weighted by Crippen LogP contribution is 2.26. The number of rotatable bonds is 5. The minimum absolute atomic E-state index is 0.0747. The quantitative estimate of drug-likeness (QED) is 0.870. The zero-order chi connectivity index (χ0) is 17.9. The van der Waals surface area contributed by atoms with Crippen LogP contribution in [0, 0.1) is 12.8 Å². The van der Waals surface area contributed by atoms with Crippen molar-refractivity contribution < 1.29 is 13.2 Å². The van der Waals surface area contributed by atoms with Gasteiger partial charge in [0.2, 0.25) is 5.91 Å². The average molecular weight is 379 g/mol. The van der Waals surface area contributed by atoms with Crippen molar-refractivity contribution in [3.8, 4) is 0 Å². The van der Waals surface area contributed by atoms with Gasteiger partial charge in [0.1, 0.15) is 4.21 Å². The molecule has 2 aromatic rings. The first-order valence-corrected chi connectivity index (χ1v) is 10.7. The van der Waals surface area contributed by atoms with E-state index < -0.39 is 10.0 Å². The van der Waals surface area contributed by atoms with Crippen molar-refractivity contribution >= 4 is 27.3 Å². The van der Waals surface area contributed by atoms with Gasteiger partial charge in [-0.3, -0.25) is 4.79 Å². The second-order valence-corrected chi connectivity index (χ2v) is 9.39. The second kappa shape index (κ2) is 7.68. The third-order valence-electron chi connectivity index (χ3n) is 4.56. The third-order valence-corrected chi connectivity index (χ3v) is 7.80. The van der Waals surface area contributed by atoms with Crippen LogP contribution < -0.4 is 5.32 Å². The smallest absolute Gasteiger partial charge is 0.252 e. The van der Waals surface area contributed by atoms with E-state index >= 15 is 0 Å². The Morgan fingerprint density at radius 3 is 2.80 bits per heavy atom. The van der Waals surface area contributed by atoms with Gasteiger partial charge in [0.05, 0.1) is 5.92 Å². The molecule has 1 saturated heterocycles. The first-order valence-electron chi connectivity index (χ1n) is 8.34. The largest absolute Gasteiger partial charge is 0.352 e. The van der Waals surface area contributed by atoms with Crippen molar-refractivity contribution in [1.82, 2.24) is 9.62 Å². The van der Waals surface area contributed by atoms with E-state index in [0.717, 1.165) is 17.5 Å². The van der Waals surface area contributed by atoms with Crippen molar-refractivity contribution in [2.75, 3.05) is 13.1 Å². The molecule has 1 aliphatic heterocycles. The number of thiophene rings is 1. The number of nitrogens with one attached hydrogen (secondary N) is 1. The monoisotopic (exact) mass is 378 g/mol. The summed E-state index contributed by atoms with van der Waals surface area (Å²) in [5, 5.41) is 4.71. The van der Waals surface area contributed by atoms with Crippen molar-refractivity contribution in [2.45, 2.75) is 30.5 Å². The Kier molecular flexibility index (Phi) is 5.56. The summed E-state index contributed by atoms with van der Waals surface area (Å²) in [6.45, 7) is 3.21. The van der Waals surface area contributed by atoms with Gasteiger partial charge in [-0.25, -0.2) is 8.42 Å². The molecule has 1 fully saturated rings. The Hall–Kier alpha value is -1.70. The number of nitrogens with zero attached hydrogens (tertiary/aromatic N) is 1. The molecule has 0 radical (unpaired) electrons. The number of carbonyl (C=O) groups excluding carboxylic acids is 1. The van der Waals surface area contributed by atoms with Crippen LogP contribution in [0.2, 0.25) is 0 Å². The Morgan fingerprint density at radius 1 is 1.28 bits per heavy atom. The summed E-state index contributed by atoms with van der Waals surface area (Å²) in [5.41, 5.74) is 2.21. The second-order valence-electron chi connectivity index (χ2n) is 6.28. The molecule has 25 heavy (non-hydrogen) atoms. The van der Waals surface area contributed by atoms with Gasteiger partial charge in [0.25, 0.3) is 10.0 Å². The molecule has 0 aliphatic carbocycles. The highest BCUT2D eigenvalue weighted by atomic mass is 32.2. The molecular formula is C18H22N2O3S2. The maximum atomic E-state index is 12.6. The molecular weight excluding hydrogens is 356 g/mol. The number of hydrogen-bond acceptors (Lipinski definition) is 4. The van der Waals surface area contributed by atoms with Gasteiger partial charge < -0.3 is 5.32 Å². The lowest BCUT2D eigenvalue weighted by Gasteiger charge is -2.30. The van der Waals surface area contributed by atoms with Crippen LogP contribution in [0.15, 0.2) is 46.0 Å².